The molecule has 1 heterocycles. The summed E-state index contributed by atoms with van der Waals surface area (Å²) in [5, 5.41) is 5.26. The van der Waals surface area contributed by atoms with E-state index in [1.165, 1.54) is 17.5 Å². The lowest BCUT2D eigenvalue weighted by atomic mass is 10.2. The van der Waals surface area contributed by atoms with Crippen molar-refractivity contribution < 1.29 is 8.42 Å². The lowest BCUT2D eigenvalue weighted by Crippen LogP contribution is -2.30. The van der Waals surface area contributed by atoms with Gasteiger partial charge in [0, 0.05) is 17.5 Å². The van der Waals surface area contributed by atoms with E-state index in [-0.39, 0.29) is 11.8 Å². The van der Waals surface area contributed by atoms with E-state index in [1.54, 1.807) is 11.3 Å². The van der Waals surface area contributed by atoms with Gasteiger partial charge < -0.3 is 5.32 Å². The molecule has 6 heteroatoms. The molecule has 0 saturated carbocycles. The van der Waals surface area contributed by atoms with Gasteiger partial charge in [0.05, 0.1) is 5.75 Å². The first-order valence-corrected chi connectivity index (χ1v) is 7.68. The lowest BCUT2D eigenvalue weighted by Gasteiger charge is -2.13. The lowest BCUT2D eigenvalue weighted by molar-refractivity contribution is 0.569. The Balaban J connectivity index is 2.43. The highest BCUT2D eigenvalue weighted by molar-refractivity contribution is 7.89. The van der Waals surface area contributed by atoms with Crippen molar-refractivity contribution in [3.63, 3.8) is 0 Å². The predicted octanol–water partition coefficient (Wildman–Crippen LogP) is 1.26. The van der Waals surface area contributed by atoms with Crippen LogP contribution in [-0.2, 0) is 10.0 Å². The largest absolute Gasteiger partial charge is 0.308 e. The van der Waals surface area contributed by atoms with Crippen LogP contribution in [0.4, 0.5) is 0 Å². The summed E-state index contributed by atoms with van der Waals surface area (Å²) in [6.45, 7) is 4.57. The minimum atomic E-state index is -3.10. The van der Waals surface area contributed by atoms with Crippen molar-refractivity contribution in [3.8, 4) is 0 Å². The molecule has 1 atom stereocenters. The van der Waals surface area contributed by atoms with Crippen LogP contribution in [0.3, 0.4) is 0 Å². The number of rotatable bonds is 6. The summed E-state index contributed by atoms with van der Waals surface area (Å²) >= 11 is 1.69. The van der Waals surface area contributed by atoms with Gasteiger partial charge >= 0.3 is 0 Å². The molecular weight excluding hydrogens is 244 g/mol. The maximum absolute atomic E-state index is 11.2. The van der Waals surface area contributed by atoms with Crippen LogP contribution in [-0.4, -0.2) is 27.8 Å². The van der Waals surface area contributed by atoms with E-state index in [9.17, 15) is 8.42 Å². The van der Waals surface area contributed by atoms with Crippen LogP contribution in [0.1, 0.15) is 23.4 Å². The topological polar surface area (TPSA) is 58.2 Å². The number of hydrogen-bond donors (Lipinski definition) is 2. The van der Waals surface area contributed by atoms with Crippen LogP contribution in [0.2, 0.25) is 0 Å². The molecule has 0 aromatic carbocycles. The van der Waals surface area contributed by atoms with Gasteiger partial charge in [-0.15, -0.1) is 11.3 Å². The molecule has 0 amide bonds. The van der Waals surface area contributed by atoms with E-state index >= 15 is 0 Å². The summed E-state index contributed by atoms with van der Waals surface area (Å²) in [7, 11) is -1.67. The SMILES string of the molecule is CNS(=O)(=O)CCNC(C)c1sccc1C. The van der Waals surface area contributed by atoms with Crippen molar-refractivity contribution in [3.05, 3.63) is 21.9 Å². The molecule has 0 bridgehead atoms. The second-order valence-corrected chi connectivity index (χ2v) is 6.66. The average Bonchev–Trinajstić information content (AvgIpc) is 2.64. The van der Waals surface area contributed by atoms with Crippen LogP contribution in [0.15, 0.2) is 11.4 Å². The smallest absolute Gasteiger partial charge is 0.212 e. The van der Waals surface area contributed by atoms with Gasteiger partial charge in [-0.3, -0.25) is 0 Å². The molecule has 0 saturated heterocycles. The number of aryl methyl sites for hydroxylation is 1. The van der Waals surface area contributed by atoms with Gasteiger partial charge in [-0.05, 0) is 37.9 Å². The summed E-state index contributed by atoms with van der Waals surface area (Å²) in [4.78, 5) is 1.27. The number of hydrogen-bond acceptors (Lipinski definition) is 4. The van der Waals surface area contributed by atoms with Crippen molar-refractivity contribution in [1.82, 2.24) is 10.0 Å². The van der Waals surface area contributed by atoms with Gasteiger partial charge in [-0.25, -0.2) is 13.1 Å². The van der Waals surface area contributed by atoms with E-state index in [4.69, 9.17) is 0 Å². The van der Waals surface area contributed by atoms with Gasteiger partial charge in [-0.1, -0.05) is 0 Å². The Bertz CT molecular complexity index is 426. The Morgan fingerprint density at radius 3 is 2.69 bits per heavy atom. The zero-order valence-electron chi connectivity index (χ0n) is 9.78. The van der Waals surface area contributed by atoms with Gasteiger partial charge in [0.15, 0.2) is 0 Å². The Morgan fingerprint density at radius 2 is 2.19 bits per heavy atom. The molecule has 0 aliphatic carbocycles. The molecule has 0 radical (unpaired) electrons. The molecule has 16 heavy (non-hydrogen) atoms. The van der Waals surface area contributed by atoms with Gasteiger partial charge in [-0.2, -0.15) is 0 Å². The molecule has 4 nitrogen and oxygen atoms in total. The minimum Gasteiger partial charge on any atom is -0.308 e. The number of thiophene rings is 1. The zero-order valence-corrected chi connectivity index (χ0v) is 11.4. The van der Waals surface area contributed by atoms with Crippen LogP contribution < -0.4 is 10.0 Å². The first kappa shape index (κ1) is 13.6. The highest BCUT2D eigenvalue weighted by Crippen LogP contribution is 2.22. The molecule has 1 aromatic rings. The second kappa shape index (κ2) is 5.77. The molecule has 1 aromatic heterocycles. The van der Waals surface area contributed by atoms with Gasteiger partial charge in [0.2, 0.25) is 10.0 Å². The highest BCUT2D eigenvalue weighted by Gasteiger charge is 2.11. The summed E-state index contributed by atoms with van der Waals surface area (Å²) < 4.78 is 24.7. The summed E-state index contributed by atoms with van der Waals surface area (Å²) in [6.07, 6.45) is 0. The predicted molar refractivity (Wildman–Crippen MR) is 68.3 cm³/mol. The third-order valence-corrected chi connectivity index (χ3v) is 4.99. The fourth-order valence-corrected chi connectivity index (χ4v) is 2.98. The molecule has 0 aliphatic rings. The van der Waals surface area contributed by atoms with E-state index in [2.05, 4.69) is 23.0 Å². The minimum absolute atomic E-state index is 0.109. The summed E-state index contributed by atoms with van der Waals surface area (Å²) in [5.41, 5.74) is 1.25. The monoisotopic (exact) mass is 262 g/mol. The highest BCUT2D eigenvalue weighted by atomic mass is 32.2. The van der Waals surface area contributed by atoms with Crippen molar-refractivity contribution >= 4 is 21.4 Å². The Kier molecular flexibility index (Phi) is 4.91. The summed E-state index contributed by atoms with van der Waals surface area (Å²) in [5.74, 6) is 0.109. The normalized spacial score (nSPS) is 13.9. The molecule has 2 N–H and O–H groups in total. The maximum Gasteiger partial charge on any atom is 0.212 e. The first-order chi connectivity index (χ1) is 7.46. The first-order valence-electron chi connectivity index (χ1n) is 5.15. The molecule has 0 fully saturated rings. The molecule has 1 rings (SSSR count). The summed E-state index contributed by atoms with van der Waals surface area (Å²) in [6, 6.07) is 2.27. The second-order valence-electron chi connectivity index (χ2n) is 3.67. The molecule has 1 unspecified atom stereocenters. The van der Waals surface area contributed by atoms with Crippen molar-refractivity contribution in [1.29, 1.82) is 0 Å². The van der Waals surface area contributed by atoms with E-state index in [0.29, 0.717) is 6.54 Å². The quantitative estimate of drug-likeness (QED) is 0.811. The maximum atomic E-state index is 11.2. The molecule has 0 aliphatic heterocycles. The van der Waals surface area contributed by atoms with Crippen LogP contribution in [0, 0.1) is 6.92 Å². The zero-order chi connectivity index (χ0) is 12.2. The van der Waals surface area contributed by atoms with Crippen LogP contribution in [0.25, 0.3) is 0 Å². The van der Waals surface area contributed by atoms with Crippen molar-refractivity contribution in [2.24, 2.45) is 0 Å². The molecular formula is C10H18N2O2S2. The van der Waals surface area contributed by atoms with Crippen LogP contribution in [0.5, 0.6) is 0 Å². The fourth-order valence-electron chi connectivity index (χ4n) is 1.43. The van der Waals surface area contributed by atoms with Crippen molar-refractivity contribution in [2.75, 3.05) is 19.3 Å². The van der Waals surface area contributed by atoms with E-state index < -0.39 is 10.0 Å². The number of sulfonamides is 1. The Hall–Kier alpha value is -0.430. The average molecular weight is 262 g/mol. The number of nitrogens with one attached hydrogen (secondary N) is 2. The standard InChI is InChI=1S/C10H18N2O2S2/c1-8-4-6-15-10(8)9(2)12-5-7-16(13,14)11-3/h4,6,9,11-12H,5,7H2,1-3H3. The fraction of sp³-hybridized carbons (Fsp3) is 0.600. The van der Waals surface area contributed by atoms with Crippen LogP contribution >= 0.6 is 11.3 Å². The van der Waals surface area contributed by atoms with Gasteiger partial charge in [0.1, 0.15) is 0 Å². The Labute approximate surface area is 101 Å². The third kappa shape index (κ3) is 3.86. The van der Waals surface area contributed by atoms with E-state index in [1.807, 2.05) is 12.3 Å². The van der Waals surface area contributed by atoms with Crippen molar-refractivity contribution in [2.45, 2.75) is 19.9 Å². The van der Waals surface area contributed by atoms with Gasteiger partial charge in [0.25, 0.3) is 0 Å². The molecule has 0 spiro atoms. The molecule has 92 valence electrons. The third-order valence-electron chi connectivity index (χ3n) is 2.43. The van der Waals surface area contributed by atoms with E-state index in [0.717, 1.165) is 0 Å². The Morgan fingerprint density at radius 1 is 1.50 bits per heavy atom.